The van der Waals surface area contributed by atoms with Gasteiger partial charge in [0.05, 0.1) is 5.69 Å². The monoisotopic (exact) mass is 337 g/mol. The molecule has 2 aromatic rings. The summed E-state index contributed by atoms with van der Waals surface area (Å²) in [7, 11) is 0. The first-order chi connectivity index (χ1) is 12.2. The van der Waals surface area contributed by atoms with Gasteiger partial charge in [0.1, 0.15) is 12.4 Å². The van der Waals surface area contributed by atoms with Gasteiger partial charge in [0.15, 0.2) is 6.29 Å². The standard InChI is InChI=1S/C19H23N5O/c1-4-18-17(19(12-25)24-23-18)11-20-13-22-14(2)10-21-15(3)16-8-6-5-7-9-16/h4-9,11-12,15,21-22H,1-2,10,13H2,3H3,(H,23,24)/b20-11-. The number of carbonyl (C=O) groups excluding carboxylic acids is 1. The summed E-state index contributed by atoms with van der Waals surface area (Å²) in [5.74, 6) is 0. The summed E-state index contributed by atoms with van der Waals surface area (Å²) in [6.07, 6.45) is 3.89. The first kappa shape index (κ1) is 18.4. The van der Waals surface area contributed by atoms with E-state index in [1.165, 1.54) is 5.56 Å². The molecule has 0 aliphatic carbocycles. The zero-order chi connectivity index (χ0) is 18.1. The fourth-order valence-corrected chi connectivity index (χ4v) is 2.25. The third-order valence-electron chi connectivity index (χ3n) is 3.74. The second-order valence-electron chi connectivity index (χ2n) is 5.52. The van der Waals surface area contributed by atoms with E-state index >= 15 is 0 Å². The molecule has 130 valence electrons. The Morgan fingerprint density at radius 1 is 1.40 bits per heavy atom. The number of carbonyl (C=O) groups is 1. The molecule has 3 N–H and O–H groups in total. The molecule has 2 rings (SSSR count). The second kappa shape index (κ2) is 9.34. The zero-order valence-corrected chi connectivity index (χ0v) is 14.3. The molecule has 0 aliphatic heterocycles. The molecule has 0 amide bonds. The van der Waals surface area contributed by atoms with Gasteiger partial charge in [-0.05, 0) is 18.6 Å². The molecule has 1 unspecified atom stereocenters. The number of hydrogen-bond acceptors (Lipinski definition) is 5. The van der Waals surface area contributed by atoms with E-state index in [1.54, 1.807) is 12.3 Å². The van der Waals surface area contributed by atoms with Gasteiger partial charge in [0, 0.05) is 30.1 Å². The molecule has 0 radical (unpaired) electrons. The molecule has 1 aromatic heterocycles. The number of aromatic amines is 1. The van der Waals surface area contributed by atoms with Crippen LogP contribution in [0.4, 0.5) is 0 Å². The van der Waals surface area contributed by atoms with E-state index in [-0.39, 0.29) is 6.04 Å². The van der Waals surface area contributed by atoms with Crippen molar-refractivity contribution in [3.8, 4) is 0 Å². The van der Waals surface area contributed by atoms with E-state index < -0.39 is 0 Å². The van der Waals surface area contributed by atoms with E-state index in [0.717, 1.165) is 5.70 Å². The van der Waals surface area contributed by atoms with Crippen LogP contribution in [0.2, 0.25) is 0 Å². The third kappa shape index (κ3) is 5.26. The molecule has 0 saturated carbocycles. The summed E-state index contributed by atoms with van der Waals surface area (Å²) in [6.45, 7) is 10.8. The molecule has 0 bridgehead atoms. The Labute approximate surface area is 147 Å². The van der Waals surface area contributed by atoms with E-state index in [0.29, 0.717) is 36.5 Å². The number of hydrogen-bond donors (Lipinski definition) is 3. The van der Waals surface area contributed by atoms with Crippen LogP contribution in [0.15, 0.2) is 54.2 Å². The molecular formula is C19H23N5O. The van der Waals surface area contributed by atoms with Crippen molar-refractivity contribution in [2.24, 2.45) is 4.99 Å². The summed E-state index contributed by atoms with van der Waals surface area (Å²) in [5, 5.41) is 13.2. The maximum atomic E-state index is 11.0. The summed E-state index contributed by atoms with van der Waals surface area (Å²) in [5.41, 5.74) is 3.69. The highest BCUT2D eigenvalue weighted by Crippen LogP contribution is 2.11. The molecule has 25 heavy (non-hydrogen) atoms. The van der Waals surface area contributed by atoms with Gasteiger partial charge in [-0.25, -0.2) is 0 Å². The van der Waals surface area contributed by atoms with Crippen LogP contribution < -0.4 is 10.6 Å². The Balaban J connectivity index is 1.78. The summed E-state index contributed by atoms with van der Waals surface area (Å²) in [4.78, 5) is 15.2. The van der Waals surface area contributed by atoms with Gasteiger partial charge in [0.25, 0.3) is 0 Å². The Bertz CT molecular complexity index is 723. The topological polar surface area (TPSA) is 82.2 Å². The van der Waals surface area contributed by atoms with Gasteiger partial charge >= 0.3 is 0 Å². The number of aromatic nitrogens is 2. The summed E-state index contributed by atoms with van der Waals surface area (Å²) < 4.78 is 0. The Morgan fingerprint density at radius 3 is 2.84 bits per heavy atom. The van der Waals surface area contributed by atoms with Gasteiger partial charge in [0.2, 0.25) is 0 Å². The number of benzene rings is 1. The largest absolute Gasteiger partial charge is 0.369 e. The van der Waals surface area contributed by atoms with Crippen molar-refractivity contribution >= 4 is 18.6 Å². The van der Waals surface area contributed by atoms with E-state index in [9.17, 15) is 4.79 Å². The average Bonchev–Trinajstić information content (AvgIpc) is 3.05. The van der Waals surface area contributed by atoms with Crippen molar-refractivity contribution in [3.05, 3.63) is 71.7 Å². The zero-order valence-electron chi connectivity index (χ0n) is 14.3. The Morgan fingerprint density at radius 2 is 2.16 bits per heavy atom. The van der Waals surface area contributed by atoms with Crippen molar-refractivity contribution in [1.29, 1.82) is 0 Å². The summed E-state index contributed by atoms with van der Waals surface area (Å²) >= 11 is 0. The van der Waals surface area contributed by atoms with Crippen molar-refractivity contribution in [3.63, 3.8) is 0 Å². The molecule has 6 nitrogen and oxygen atoms in total. The highest BCUT2D eigenvalue weighted by Gasteiger charge is 2.07. The van der Waals surface area contributed by atoms with Gasteiger partial charge in [-0.3, -0.25) is 14.9 Å². The molecule has 1 atom stereocenters. The van der Waals surface area contributed by atoms with Gasteiger partial charge in [-0.1, -0.05) is 43.5 Å². The minimum absolute atomic E-state index is 0.236. The number of aldehydes is 1. The lowest BCUT2D eigenvalue weighted by Gasteiger charge is -2.15. The maximum Gasteiger partial charge on any atom is 0.168 e. The molecule has 1 heterocycles. The predicted octanol–water partition coefficient (Wildman–Crippen LogP) is 2.70. The lowest BCUT2D eigenvalue weighted by Crippen LogP contribution is -2.27. The van der Waals surface area contributed by atoms with Crippen molar-refractivity contribution in [2.45, 2.75) is 13.0 Å². The fourth-order valence-electron chi connectivity index (χ4n) is 2.25. The third-order valence-corrected chi connectivity index (χ3v) is 3.74. The van der Waals surface area contributed by atoms with Crippen LogP contribution in [0.3, 0.4) is 0 Å². The normalized spacial score (nSPS) is 12.0. The lowest BCUT2D eigenvalue weighted by molar-refractivity contribution is 0.111. The first-order valence-corrected chi connectivity index (χ1v) is 8.01. The molecule has 0 fully saturated rings. The van der Waals surface area contributed by atoms with Gasteiger partial charge in [-0.2, -0.15) is 5.10 Å². The molecule has 1 aromatic carbocycles. The van der Waals surface area contributed by atoms with Crippen LogP contribution in [-0.2, 0) is 0 Å². The minimum atomic E-state index is 0.236. The second-order valence-corrected chi connectivity index (χ2v) is 5.52. The lowest BCUT2D eigenvalue weighted by atomic mass is 10.1. The van der Waals surface area contributed by atoms with Crippen LogP contribution >= 0.6 is 0 Å². The van der Waals surface area contributed by atoms with E-state index in [4.69, 9.17) is 0 Å². The van der Waals surface area contributed by atoms with Crippen molar-refractivity contribution in [2.75, 3.05) is 13.2 Å². The first-order valence-electron chi connectivity index (χ1n) is 8.01. The predicted molar refractivity (Wildman–Crippen MR) is 102 cm³/mol. The number of H-pyrrole nitrogens is 1. The van der Waals surface area contributed by atoms with Crippen LogP contribution in [0, 0.1) is 0 Å². The summed E-state index contributed by atoms with van der Waals surface area (Å²) in [6, 6.07) is 10.5. The molecule has 0 saturated heterocycles. The van der Waals surface area contributed by atoms with Gasteiger partial charge < -0.3 is 10.6 Å². The van der Waals surface area contributed by atoms with E-state index in [2.05, 4.69) is 58.0 Å². The van der Waals surface area contributed by atoms with Crippen LogP contribution in [0.25, 0.3) is 6.08 Å². The number of aliphatic imine (C=N–C) groups is 1. The van der Waals surface area contributed by atoms with Gasteiger partial charge in [-0.15, -0.1) is 0 Å². The SMILES string of the molecule is C=Cc1n[nH]c(C=O)c1/C=N\CNC(=C)CNC(C)c1ccccc1. The van der Waals surface area contributed by atoms with Crippen LogP contribution in [-0.4, -0.2) is 35.9 Å². The van der Waals surface area contributed by atoms with Crippen LogP contribution in [0.1, 0.15) is 40.3 Å². The average molecular weight is 337 g/mol. The maximum absolute atomic E-state index is 11.0. The quantitative estimate of drug-likeness (QED) is 0.460. The number of nitrogens with one attached hydrogen (secondary N) is 3. The molecule has 0 aliphatic rings. The smallest absolute Gasteiger partial charge is 0.168 e. The number of nitrogens with zero attached hydrogens (tertiary/aromatic N) is 2. The minimum Gasteiger partial charge on any atom is -0.369 e. The highest BCUT2D eigenvalue weighted by molar-refractivity contribution is 5.94. The Hall–Kier alpha value is -2.99. The molecule has 6 heteroatoms. The molecule has 0 spiro atoms. The van der Waals surface area contributed by atoms with E-state index in [1.807, 2.05) is 18.2 Å². The Kier molecular flexibility index (Phi) is 6.86. The molecular weight excluding hydrogens is 314 g/mol. The van der Waals surface area contributed by atoms with Crippen molar-refractivity contribution < 1.29 is 4.79 Å². The highest BCUT2D eigenvalue weighted by atomic mass is 16.1. The van der Waals surface area contributed by atoms with Crippen molar-refractivity contribution in [1.82, 2.24) is 20.8 Å². The fraction of sp³-hybridized carbons (Fsp3) is 0.211. The van der Waals surface area contributed by atoms with Crippen LogP contribution in [0.5, 0.6) is 0 Å². The number of rotatable bonds is 10.